The van der Waals surface area contributed by atoms with Crippen LogP contribution in [0.25, 0.3) is 0 Å². The van der Waals surface area contributed by atoms with Crippen LogP contribution in [0.5, 0.6) is 0 Å². The molecule has 16 heavy (non-hydrogen) atoms. The van der Waals surface area contributed by atoms with Crippen molar-refractivity contribution in [2.45, 2.75) is 27.7 Å². The van der Waals surface area contributed by atoms with Crippen molar-refractivity contribution >= 4 is 23.1 Å². The fourth-order valence-electron chi connectivity index (χ4n) is 1.25. The molecule has 0 bridgehead atoms. The predicted molar refractivity (Wildman–Crippen MR) is 67.3 cm³/mol. The Morgan fingerprint density at radius 2 is 2.19 bits per heavy atom. The summed E-state index contributed by atoms with van der Waals surface area (Å²) in [6.45, 7) is 8.22. The number of nitrogens with zero attached hydrogens (tertiary/aromatic N) is 1. The molecule has 3 nitrogen and oxygen atoms in total. The first-order valence-corrected chi connectivity index (χ1v) is 6.13. The van der Waals surface area contributed by atoms with E-state index >= 15 is 0 Å². The number of thiophene rings is 1. The average molecular weight is 239 g/mol. The molecule has 0 aliphatic heterocycles. The van der Waals surface area contributed by atoms with E-state index in [2.05, 4.69) is 4.99 Å². The Balaban J connectivity index is 3.02. The Bertz CT molecular complexity index is 374. The van der Waals surface area contributed by atoms with Crippen LogP contribution in [0.4, 0.5) is 4.79 Å². The van der Waals surface area contributed by atoms with Crippen molar-refractivity contribution in [1.29, 1.82) is 0 Å². The molecular weight excluding hydrogens is 222 g/mol. The Hall–Kier alpha value is -1.16. The van der Waals surface area contributed by atoms with E-state index in [0.717, 1.165) is 10.6 Å². The Kier molecular flexibility index (Phi) is 4.24. The monoisotopic (exact) mass is 239 g/mol. The first-order valence-electron chi connectivity index (χ1n) is 5.25. The summed E-state index contributed by atoms with van der Waals surface area (Å²) < 4.78 is 4.84. The highest BCUT2D eigenvalue weighted by molar-refractivity contribution is 7.12. The van der Waals surface area contributed by atoms with Gasteiger partial charge in [-0.15, -0.1) is 11.3 Å². The number of ether oxygens (including phenoxy) is 1. The lowest BCUT2D eigenvalue weighted by Gasteiger charge is -2.19. The largest absolute Gasteiger partial charge is 0.448 e. The molecule has 0 unspecified atom stereocenters. The molecule has 1 amide bonds. The average Bonchev–Trinajstić information content (AvgIpc) is 2.65. The second-order valence-electron chi connectivity index (χ2n) is 4.39. The summed E-state index contributed by atoms with van der Waals surface area (Å²) in [6.07, 6.45) is -0.513. The molecule has 88 valence electrons. The van der Waals surface area contributed by atoms with Gasteiger partial charge < -0.3 is 4.74 Å². The summed E-state index contributed by atoms with van der Waals surface area (Å²) in [5.74, 6) is 0. The maximum absolute atomic E-state index is 11.4. The van der Waals surface area contributed by atoms with E-state index in [9.17, 15) is 4.79 Å². The van der Waals surface area contributed by atoms with Crippen LogP contribution in [0, 0.1) is 5.41 Å². The molecule has 0 atom stereocenters. The van der Waals surface area contributed by atoms with Crippen molar-refractivity contribution in [2.24, 2.45) is 10.4 Å². The zero-order valence-electron chi connectivity index (χ0n) is 10.1. The molecule has 1 rings (SSSR count). The van der Waals surface area contributed by atoms with Crippen LogP contribution in [-0.2, 0) is 4.74 Å². The number of hydrogen-bond acceptors (Lipinski definition) is 3. The van der Waals surface area contributed by atoms with Crippen molar-refractivity contribution in [1.82, 2.24) is 0 Å². The number of hydrogen-bond donors (Lipinski definition) is 0. The van der Waals surface area contributed by atoms with Gasteiger partial charge in [-0.25, -0.2) is 4.79 Å². The Morgan fingerprint density at radius 1 is 1.50 bits per heavy atom. The summed E-state index contributed by atoms with van der Waals surface area (Å²) in [4.78, 5) is 16.5. The minimum atomic E-state index is -0.513. The normalized spacial score (nSPS) is 12.6. The van der Waals surface area contributed by atoms with Gasteiger partial charge in [0.1, 0.15) is 0 Å². The van der Waals surface area contributed by atoms with Gasteiger partial charge >= 0.3 is 6.09 Å². The predicted octanol–water partition coefficient (Wildman–Crippen LogP) is 3.74. The van der Waals surface area contributed by atoms with Crippen LogP contribution in [0.1, 0.15) is 32.6 Å². The third-order valence-corrected chi connectivity index (χ3v) is 2.81. The summed E-state index contributed by atoms with van der Waals surface area (Å²) >= 11 is 1.58. The molecule has 0 N–H and O–H groups in total. The van der Waals surface area contributed by atoms with Gasteiger partial charge in [-0.2, -0.15) is 4.99 Å². The Labute approximate surface area is 100 Å². The van der Waals surface area contributed by atoms with E-state index in [4.69, 9.17) is 4.74 Å². The lowest BCUT2D eigenvalue weighted by Crippen LogP contribution is -2.22. The summed E-state index contributed by atoms with van der Waals surface area (Å²) in [5.41, 5.74) is 0.610. The molecule has 0 aliphatic rings. The fourth-order valence-corrected chi connectivity index (χ4v) is 2.18. The molecule has 1 aromatic heterocycles. The van der Waals surface area contributed by atoms with E-state index in [-0.39, 0.29) is 5.41 Å². The van der Waals surface area contributed by atoms with Crippen LogP contribution in [0.15, 0.2) is 22.5 Å². The summed E-state index contributed by atoms with van der Waals surface area (Å²) in [6, 6.07) is 3.92. The molecule has 4 heteroatoms. The van der Waals surface area contributed by atoms with Gasteiger partial charge in [0.15, 0.2) is 0 Å². The molecule has 0 spiro atoms. The van der Waals surface area contributed by atoms with Crippen LogP contribution in [-0.4, -0.2) is 18.4 Å². The van der Waals surface area contributed by atoms with Crippen molar-refractivity contribution in [3.05, 3.63) is 22.4 Å². The zero-order chi connectivity index (χ0) is 12.2. The molecule has 0 aromatic carbocycles. The number of carbonyl (C=O) groups is 1. The smallest absolute Gasteiger partial charge is 0.433 e. The molecular formula is C12H17NO2S. The fraction of sp³-hybridized carbons (Fsp3) is 0.500. The van der Waals surface area contributed by atoms with Crippen LogP contribution in [0.2, 0.25) is 0 Å². The van der Waals surface area contributed by atoms with Gasteiger partial charge in [0.2, 0.25) is 0 Å². The van der Waals surface area contributed by atoms with Gasteiger partial charge in [-0.3, -0.25) is 0 Å². The molecule has 0 saturated heterocycles. The maximum atomic E-state index is 11.4. The SMILES string of the molecule is CCOC(=O)N=C(c1cccs1)C(C)(C)C. The topological polar surface area (TPSA) is 38.7 Å². The van der Waals surface area contributed by atoms with Crippen LogP contribution in [0.3, 0.4) is 0 Å². The number of carbonyl (C=O) groups excluding carboxylic acids is 1. The Morgan fingerprint density at radius 3 is 2.62 bits per heavy atom. The molecule has 0 aliphatic carbocycles. The van der Waals surface area contributed by atoms with Gasteiger partial charge in [0, 0.05) is 10.3 Å². The van der Waals surface area contributed by atoms with Crippen molar-refractivity contribution < 1.29 is 9.53 Å². The maximum Gasteiger partial charge on any atom is 0.433 e. The first-order chi connectivity index (χ1) is 7.45. The number of amides is 1. The van der Waals surface area contributed by atoms with Crippen LogP contribution >= 0.6 is 11.3 Å². The standard InChI is InChI=1S/C12H17NO2S/c1-5-15-11(14)13-10(12(2,3)4)9-7-6-8-16-9/h6-8H,5H2,1-4H3. The molecule has 0 saturated carbocycles. The van der Waals surface area contributed by atoms with E-state index in [0.29, 0.717) is 6.61 Å². The first kappa shape index (κ1) is 12.9. The minimum Gasteiger partial charge on any atom is -0.448 e. The second-order valence-corrected chi connectivity index (χ2v) is 5.33. The zero-order valence-corrected chi connectivity index (χ0v) is 10.9. The van der Waals surface area contributed by atoms with Crippen molar-refractivity contribution in [2.75, 3.05) is 6.61 Å². The van der Waals surface area contributed by atoms with Gasteiger partial charge in [-0.1, -0.05) is 26.8 Å². The molecule has 1 aromatic rings. The van der Waals surface area contributed by atoms with Gasteiger partial charge in [-0.05, 0) is 18.4 Å². The summed E-state index contributed by atoms with van der Waals surface area (Å²) in [7, 11) is 0. The molecule has 0 fully saturated rings. The van der Waals surface area contributed by atoms with Gasteiger partial charge in [0.25, 0.3) is 0 Å². The highest BCUT2D eigenvalue weighted by atomic mass is 32.1. The quantitative estimate of drug-likeness (QED) is 0.737. The van der Waals surface area contributed by atoms with E-state index in [1.165, 1.54) is 0 Å². The third-order valence-electron chi connectivity index (χ3n) is 1.94. The molecule has 1 heterocycles. The van der Waals surface area contributed by atoms with E-state index in [1.807, 2.05) is 38.3 Å². The van der Waals surface area contributed by atoms with E-state index in [1.54, 1.807) is 18.3 Å². The lowest BCUT2D eigenvalue weighted by atomic mass is 9.89. The minimum absolute atomic E-state index is 0.169. The number of rotatable bonds is 2. The highest BCUT2D eigenvalue weighted by Gasteiger charge is 2.23. The lowest BCUT2D eigenvalue weighted by molar-refractivity contribution is 0.163. The summed E-state index contributed by atoms with van der Waals surface area (Å²) in [5, 5.41) is 1.97. The van der Waals surface area contributed by atoms with Crippen molar-refractivity contribution in [3.63, 3.8) is 0 Å². The van der Waals surface area contributed by atoms with Crippen LogP contribution < -0.4 is 0 Å². The second kappa shape index (κ2) is 5.25. The molecule has 0 radical (unpaired) electrons. The third kappa shape index (κ3) is 3.45. The number of aliphatic imine (C=N–C) groups is 1. The van der Waals surface area contributed by atoms with Gasteiger partial charge in [0.05, 0.1) is 12.3 Å². The van der Waals surface area contributed by atoms with Crippen molar-refractivity contribution in [3.8, 4) is 0 Å². The van der Waals surface area contributed by atoms with E-state index < -0.39 is 6.09 Å². The highest BCUT2D eigenvalue weighted by Crippen LogP contribution is 2.25.